The highest BCUT2D eigenvalue weighted by Crippen LogP contribution is 2.40. The van der Waals surface area contributed by atoms with E-state index >= 15 is 4.79 Å². The Bertz CT molecular complexity index is 2200. The second kappa shape index (κ2) is 16.9. The van der Waals surface area contributed by atoms with Gasteiger partial charge in [0.2, 0.25) is 6.79 Å². The fraction of sp³-hybridized carbons (Fsp3) is 0.364. The van der Waals surface area contributed by atoms with E-state index in [1.54, 1.807) is 0 Å². The SMILES string of the molecule is Cc1ccc(N(C(=O)c2cn(-c3cc4c(cc3C(=O)N3Cc5ccccc5C[C@H]3CN3CCN(C)CC3)OCO4)c3ccccc23)C2CCNCC2)cc1.Cl.Cl. The van der Waals surface area contributed by atoms with Gasteiger partial charge in [-0.25, -0.2) is 0 Å². The number of rotatable bonds is 7. The average molecular weight is 798 g/mol. The van der Waals surface area contributed by atoms with E-state index in [4.69, 9.17) is 9.47 Å². The molecule has 0 spiro atoms. The Morgan fingerprint density at radius 3 is 2.25 bits per heavy atom. The van der Waals surface area contributed by atoms with Crippen LogP contribution in [0.15, 0.2) is 91.1 Å². The van der Waals surface area contributed by atoms with Gasteiger partial charge >= 0.3 is 0 Å². The smallest absolute Gasteiger partial charge is 0.260 e. The first-order chi connectivity index (χ1) is 26.4. The van der Waals surface area contributed by atoms with Crippen molar-refractivity contribution in [2.45, 2.75) is 44.8 Å². The molecule has 10 nitrogen and oxygen atoms in total. The highest BCUT2D eigenvalue weighted by molar-refractivity contribution is 6.15. The van der Waals surface area contributed by atoms with Crippen molar-refractivity contribution >= 4 is 53.2 Å². The number of para-hydroxylation sites is 1. The summed E-state index contributed by atoms with van der Waals surface area (Å²) in [6, 6.07) is 28.6. The molecule has 1 N–H and O–H groups in total. The van der Waals surface area contributed by atoms with E-state index in [2.05, 4.69) is 82.5 Å². The van der Waals surface area contributed by atoms with Gasteiger partial charge < -0.3 is 34.1 Å². The number of ether oxygens (including phenoxy) is 2. The molecule has 12 heteroatoms. The van der Waals surface area contributed by atoms with Crippen molar-refractivity contribution in [3.05, 3.63) is 119 Å². The summed E-state index contributed by atoms with van der Waals surface area (Å²) in [6.45, 7) is 9.22. The van der Waals surface area contributed by atoms with Crippen LogP contribution in [0.3, 0.4) is 0 Å². The predicted octanol–water partition coefficient (Wildman–Crippen LogP) is 6.72. The molecule has 5 aromatic rings. The topological polar surface area (TPSA) is 82.5 Å². The number of piperidine rings is 1. The van der Waals surface area contributed by atoms with Gasteiger partial charge in [-0.2, -0.15) is 0 Å². The number of aromatic nitrogens is 1. The van der Waals surface area contributed by atoms with E-state index in [9.17, 15) is 4.79 Å². The van der Waals surface area contributed by atoms with Gasteiger partial charge in [-0.1, -0.05) is 60.2 Å². The first-order valence-corrected chi connectivity index (χ1v) is 19.3. The summed E-state index contributed by atoms with van der Waals surface area (Å²) in [5.41, 5.74) is 7.16. The maximum absolute atomic E-state index is 15.2. The van der Waals surface area contributed by atoms with Crippen molar-refractivity contribution in [2.24, 2.45) is 0 Å². The molecular weight excluding hydrogens is 747 g/mol. The zero-order valence-corrected chi connectivity index (χ0v) is 33.6. The monoisotopic (exact) mass is 796 g/mol. The summed E-state index contributed by atoms with van der Waals surface area (Å²) >= 11 is 0. The summed E-state index contributed by atoms with van der Waals surface area (Å²) in [7, 11) is 2.17. The average Bonchev–Trinajstić information content (AvgIpc) is 3.84. The number of aryl methyl sites for hydroxylation is 1. The van der Waals surface area contributed by atoms with Crippen LogP contribution in [0.4, 0.5) is 5.69 Å². The number of carbonyl (C=O) groups is 2. The van der Waals surface area contributed by atoms with Crippen LogP contribution >= 0.6 is 24.8 Å². The predicted molar refractivity (Wildman–Crippen MR) is 226 cm³/mol. The Kier molecular flexibility index (Phi) is 11.9. The third-order valence-corrected chi connectivity index (χ3v) is 11.8. The molecule has 0 radical (unpaired) electrons. The third kappa shape index (κ3) is 7.61. The van der Waals surface area contributed by atoms with Gasteiger partial charge in [-0.15, -0.1) is 24.8 Å². The lowest BCUT2D eigenvalue weighted by Crippen LogP contribution is -2.53. The van der Waals surface area contributed by atoms with Crippen LogP contribution in [0.2, 0.25) is 0 Å². The number of likely N-dealkylation sites (N-methyl/N-ethyl adjacent to an activating group) is 1. The quantitative estimate of drug-likeness (QED) is 0.196. The first-order valence-electron chi connectivity index (χ1n) is 19.3. The Morgan fingerprint density at radius 1 is 0.821 bits per heavy atom. The summed E-state index contributed by atoms with van der Waals surface area (Å²) in [4.78, 5) is 39.1. The fourth-order valence-electron chi connectivity index (χ4n) is 8.72. The molecule has 5 heterocycles. The number of hydrogen-bond donors (Lipinski definition) is 1. The fourth-order valence-corrected chi connectivity index (χ4v) is 8.72. The van der Waals surface area contributed by atoms with Crippen LogP contribution in [0.5, 0.6) is 11.5 Å². The molecule has 9 rings (SSSR count). The number of nitrogens with zero attached hydrogens (tertiary/aromatic N) is 5. The van der Waals surface area contributed by atoms with Gasteiger partial charge in [0.25, 0.3) is 11.8 Å². The van der Waals surface area contributed by atoms with E-state index in [1.165, 1.54) is 11.1 Å². The standard InChI is InChI=1S/C44H48N6O4.2ClH/c1-30-11-13-33(14-12-30)50(34-15-17-45-18-16-34)44(52)38-28-49(39-10-6-5-9-36(38)39)40-25-42-41(53-29-54-42)24-37(40)43(51)48-26-32-8-4-3-7-31(32)23-35(48)27-47-21-19-46(2)20-22-47;;/h3-14,24-25,28,34-35,45H,15-23,26-27,29H2,1-2H3;2*1H/t35-;;/m0../s1. The largest absolute Gasteiger partial charge is 0.454 e. The van der Waals surface area contributed by atoms with E-state index in [0.717, 1.165) is 87.2 Å². The van der Waals surface area contributed by atoms with Gasteiger partial charge in [0.15, 0.2) is 11.5 Å². The first kappa shape index (κ1) is 39.6. The molecule has 1 aromatic heterocycles. The number of nitrogens with one attached hydrogen (secondary N) is 1. The van der Waals surface area contributed by atoms with Crippen molar-refractivity contribution in [2.75, 3.05) is 64.6 Å². The highest BCUT2D eigenvalue weighted by atomic mass is 35.5. The lowest BCUT2D eigenvalue weighted by molar-refractivity contribution is 0.0535. The lowest BCUT2D eigenvalue weighted by Gasteiger charge is -2.41. The molecule has 0 aliphatic carbocycles. The summed E-state index contributed by atoms with van der Waals surface area (Å²) < 4.78 is 13.8. The number of anilines is 1. The van der Waals surface area contributed by atoms with E-state index in [0.29, 0.717) is 34.9 Å². The van der Waals surface area contributed by atoms with Crippen molar-refractivity contribution in [1.29, 1.82) is 0 Å². The molecule has 2 fully saturated rings. The molecule has 2 saturated heterocycles. The molecule has 4 aliphatic heterocycles. The van der Waals surface area contributed by atoms with Crippen LogP contribution in [-0.4, -0.2) is 103 Å². The van der Waals surface area contributed by atoms with Crippen molar-refractivity contribution < 1.29 is 19.1 Å². The highest BCUT2D eigenvalue weighted by Gasteiger charge is 2.36. The molecule has 4 aromatic carbocycles. The molecule has 4 aliphatic rings. The van der Waals surface area contributed by atoms with Gasteiger partial charge in [0, 0.05) is 74.7 Å². The zero-order valence-electron chi connectivity index (χ0n) is 32.0. The Morgan fingerprint density at radius 2 is 1.50 bits per heavy atom. The van der Waals surface area contributed by atoms with Gasteiger partial charge in [0.1, 0.15) is 0 Å². The normalized spacial score (nSPS) is 18.5. The molecule has 0 unspecified atom stereocenters. The van der Waals surface area contributed by atoms with E-state index in [1.807, 2.05) is 52.1 Å². The van der Waals surface area contributed by atoms with Gasteiger partial charge in [-0.3, -0.25) is 14.5 Å². The second-order valence-corrected chi connectivity index (χ2v) is 15.3. The van der Waals surface area contributed by atoms with E-state index < -0.39 is 0 Å². The minimum atomic E-state index is -0.0569. The van der Waals surface area contributed by atoms with Crippen LogP contribution in [0.25, 0.3) is 16.6 Å². The summed E-state index contributed by atoms with van der Waals surface area (Å²) in [5, 5.41) is 4.29. The maximum atomic E-state index is 15.2. The van der Waals surface area contributed by atoms with Crippen molar-refractivity contribution in [3.63, 3.8) is 0 Å². The van der Waals surface area contributed by atoms with E-state index in [-0.39, 0.29) is 55.5 Å². The number of piperazine rings is 1. The van der Waals surface area contributed by atoms with Gasteiger partial charge in [0.05, 0.1) is 22.3 Å². The zero-order chi connectivity index (χ0) is 36.8. The number of fused-ring (bicyclic) bond motifs is 3. The molecular formula is C44H50Cl2N6O4. The summed E-state index contributed by atoms with van der Waals surface area (Å²) in [6.07, 6.45) is 4.46. The molecule has 56 heavy (non-hydrogen) atoms. The number of halogens is 2. The lowest BCUT2D eigenvalue weighted by atomic mass is 9.92. The Balaban J connectivity index is 0.00000240. The number of benzene rings is 4. The summed E-state index contributed by atoms with van der Waals surface area (Å²) in [5.74, 6) is 1.04. The second-order valence-electron chi connectivity index (χ2n) is 15.3. The molecule has 0 bridgehead atoms. The van der Waals surface area contributed by atoms with Crippen LogP contribution in [0.1, 0.15) is 50.2 Å². The Labute approximate surface area is 341 Å². The number of carbonyl (C=O) groups excluding carboxylic acids is 2. The molecule has 1 atom stereocenters. The maximum Gasteiger partial charge on any atom is 0.260 e. The molecule has 0 saturated carbocycles. The third-order valence-electron chi connectivity index (χ3n) is 11.8. The van der Waals surface area contributed by atoms with Crippen molar-refractivity contribution in [1.82, 2.24) is 24.6 Å². The number of hydrogen-bond acceptors (Lipinski definition) is 7. The van der Waals surface area contributed by atoms with Crippen molar-refractivity contribution in [3.8, 4) is 17.2 Å². The molecule has 294 valence electrons. The minimum absolute atomic E-state index is 0. The van der Waals surface area contributed by atoms with Crippen LogP contribution < -0.4 is 19.7 Å². The minimum Gasteiger partial charge on any atom is -0.454 e. The Hall–Kier alpha value is -4.58. The van der Waals surface area contributed by atoms with Crippen LogP contribution in [0, 0.1) is 6.92 Å². The van der Waals surface area contributed by atoms with Crippen LogP contribution in [-0.2, 0) is 13.0 Å². The number of amides is 2. The molecule has 2 amide bonds. The van der Waals surface area contributed by atoms with Gasteiger partial charge in [-0.05, 0) is 81.7 Å².